The fraction of sp³-hybridized carbons (Fsp3) is 1.00. The first kappa shape index (κ1) is 16.9. The Hall–Kier alpha value is -0.120. The van der Waals surface area contributed by atoms with Crippen LogP contribution in [0.3, 0.4) is 0 Å². The van der Waals surface area contributed by atoms with Crippen molar-refractivity contribution in [2.45, 2.75) is 53.0 Å². The molecule has 0 spiro atoms. The van der Waals surface area contributed by atoms with Crippen molar-refractivity contribution in [3.63, 3.8) is 0 Å². The summed E-state index contributed by atoms with van der Waals surface area (Å²) >= 11 is 0. The first-order chi connectivity index (χ1) is 7.92. The highest BCUT2D eigenvalue weighted by atomic mass is 16.5. The second kappa shape index (κ2) is 9.86. The van der Waals surface area contributed by atoms with Crippen molar-refractivity contribution >= 4 is 0 Å². The predicted octanol–water partition coefficient (Wildman–Crippen LogP) is 2.84. The maximum Gasteiger partial charge on any atom is 0.0489 e. The van der Waals surface area contributed by atoms with Gasteiger partial charge in [-0.2, -0.15) is 0 Å². The number of hydrogen-bond acceptors (Lipinski definition) is 3. The van der Waals surface area contributed by atoms with Crippen molar-refractivity contribution in [1.82, 2.24) is 5.32 Å². The first-order valence-electron chi connectivity index (χ1n) is 6.82. The molecule has 3 heteroatoms. The molecule has 0 rings (SSSR count). The predicted molar refractivity (Wildman–Crippen MR) is 73.5 cm³/mol. The van der Waals surface area contributed by atoms with Crippen molar-refractivity contribution < 1.29 is 9.47 Å². The van der Waals surface area contributed by atoms with E-state index in [1.165, 1.54) is 0 Å². The molecule has 0 unspecified atom stereocenters. The molecule has 0 atom stereocenters. The lowest BCUT2D eigenvalue weighted by Crippen LogP contribution is -2.36. The van der Waals surface area contributed by atoms with Crippen molar-refractivity contribution in [1.29, 1.82) is 0 Å². The van der Waals surface area contributed by atoms with Crippen LogP contribution in [-0.4, -0.2) is 38.5 Å². The van der Waals surface area contributed by atoms with Gasteiger partial charge in [-0.25, -0.2) is 0 Å². The van der Waals surface area contributed by atoms with Gasteiger partial charge in [-0.05, 0) is 46.1 Å². The molecule has 0 aromatic carbocycles. The van der Waals surface area contributed by atoms with E-state index in [2.05, 4.69) is 39.9 Å². The monoisotopic (exact) mass is 245 g/mol. The van der Waals surface area contributed by atoms with Gasteiger partial charge in [0.15, 0.2) is 0 Å². The molecule has 1 N–H and O–H groups in total. The van der Waals surface area contributed by atoms with Crippen molar-refractivity contribution in [3.05, 3.63) is 0 Å². The molecule has 0 amide bonds. The standard InChI is InChI=1S/C14H31NO2/c1-13(2)12-17-11-7-10-16-9-6-8-15-14(3,4)5/h13,15H,6-12H2,1-5H3. The Morgan fingerprint density at radius 2 is 1.53 bits per heavy atom. The van der Waals surface area contributed by atoms with Gasteiger partial charge in [-0.3, -0.25) is 0 Å². The minimum Gasteiger partial charge on any atom is -0.381 e. The van der Waals surface area contributed by atoms with Crippen LogP contribution in [0.4, 0.5) is 0 Å². The van der Waals surface area contributed by atoms with E-state index >= 15 is 0 Å². The van der Waals surface area contributed by atoms with Crippen LogP contribution in [-0.2, 0) is 9.47 Å². The summed E-state index contributed by atoms with van der Waals surface area (Å²) in [5, 5.41) is 3.44. The summed E-state index contributed by atoms with van der Waals surface area (Å²) in [4.78, 5) is 0. The number of hydrogen-bond donors (Lipinski definition) is 1. The summed E-state index contributed by atoms with van der Waals surface area (Å²) in [5.41, 5.74) is 0.213. The molecule has 0 aromatic heterocycles. The topological polar surface area (TPSA) is 30.5 Å². The summed E-state index contributed by atoms with van der Waals surface area (Å²) in [6.07, 6.45) is 2.07. The molecule has 0 aliphatic rings. The van der Waals surface area contributed by atoms with Crippen molar-refractivity contribution in [3.8, 4) is 0 Å². The third-order valence-corrected chi connectivity index (χ3v) is 2.15. The fourth-order valence-electron chi connectivity index (χ4n) is 1.32. The smallest absolute Gasteiger partial charge is 0.0489 e. The van der Waals surface area contributed by atoms with E-state index in [1.54, 1.807) is 0 Å². The van der Waals surface area contributed by atoms with E-state index in [4.69, 9.17) is 9.47 Å². The molecule has 0 saturated carbocycles. The van der Waals surface area contributed by atoms with Gasteiger partial charge in [0.2, 0.25) is 0 Å². The summed E-state index contributed by atoms with van der Waals surface area (Å²) in [6, 6.07) is 0. The Labute approximate surface area is 107 Å². The molecule has 0 fully saturated rings. The summed E-state index contributed by atoms with van der Waals surface area (Å²) in [5.74, 6) is 0.624. The zero-order valence-electron chi connectivity index (χ0n) is 12.3. The van der Waals surface area contributed by atoms with Crippen LogP contribution in [0, 0.1) is 5.92 Å². The zero-order chi connectivity index (χ0) is 13.1. The van der Waals surface area contributed by atoms with Gasteiger partial charge >= 0.3 is 0 Å². The summed E-state index contributed by atoms with van der Waals surface area (Å²) < 4.78 is 11.0. The van der Waals surface area contributed by atoms with Crippen LogP contribution in [0.1, 0.15) is 47.5 Å². The van der Waals surface area contributed by atoms with Crippen LogP contribution in [0.15, 0.2) is 0 Å². The van der Waals surface area contributed by atoms with Crippen molar-refractivity contribution in [2.24, 2.45) is 5.92 Å². The molecule has 0 aromatic rings. The van der Waals surface area contributed by atoms with Gasteiger partial charge in [0, 0.05) is 32.0 Å². The Balaban J connectivity index is 3.04. The van der Waals surface area contributed by atoms with Gasteiger partial charge < -0.3 is 14.8 Å². The zero-order valence-corrected chi connectivity index (χ0v) is 12.3. The SMILES string of the molecule is CC(C)COCCCOCCCNC(C)(C)C. The maximum atomic E-state index is 5.54. The fourth-order valence-corrected chi connectivity index (χ4v) is 1.32. The molecular formula is C14H31NO2. The molecule has 0 aliphatic heterocycles. The Morgan fingerprint density at radius 1 is 0.941 bits per heavy atom. The Morgan fingerprint density at radius 3 is 2.12 bits per heavy atom. The molecule has 0 bridgehead atoms. The van der Waals surface area contributed by atoms with Crippen molar-refractivity contribution in [2.75, 3.05) is 33.0 Å². The van der Waals surface area contributed by atoms with Gasteiger partial charge in [0.1, 0.15) is 0 Å². The van der Waals surface area contributed by atoms with E-state index in [9.17, 15) is 0 Å². The lowest BCUT2D eigenvalue weighted by molar-refractivity contribution is 0.0705. The minimum atomic E-state index is 0.213. The molecule has 0 saturated heterocycles. The summed E-state index contributed by atoms with van der Waals surface area (Å²) in [6.45, 7) is 15.2. The third-order valence-electron chi connectivity index (χ3n) is 2.15. The second-order valence-electron chi connectivity index (χ2n) is 5.97. The van der Waals surface area contributed by atoms with Crippen LogP contribution >= 0.6 is 0 Å². The highest BCUT2D eigenvalue weighted by Crippen LogP contribution is 1.98. The first-order valence-corrected chi connectivity index (χ1v) is 6.82. The normalized spacial score (nSPS) is 12.4. The number of nitrogens with one attached hydrogen (secondary N) is 1. The van der Waals surface area contributed by atoms with Gasteiger partial charge in [-0.15, -0.1) is 0 Å². The van der Waals surface area contributed by atoms with E-state index < -0.39 is 0 Å². The lowest BCUT2D eigenvalue weighted by Gasteiger charge is -2.20. The van der Waals surface area contributed by atoms with E-state index in [1.807, 2.05) is 0 Å². The quantitative estimate of drug-likeness (QED) is 0.600. The highest BCUT2D eigenvalue weighted by molar-refractivity contribution is 4.69. The molecule has 0 aliphatic carbocycles. The van der Waals surface area contributed by atoms with E-state index in [-0.39, 0.29) is 5.54 Å². The van der Waals surface area contributed by atoms with Gasteiger partial charge in [-0.1, -0.05) is 13.8 Å². The van der Waals surface area contributed by atoms with E-state index in [0.717, 1.165) is 45.8 Å². The minimum absolute atomic E-state index is 0.213. The molecule has 17 heavy (non-hydrogen) atoms. The van der Waals surface area contributed by atoms with Gasteiger partial charge in [0.05, 0.1) is 0 Å². The maximum absolute atomic E-state index is 5.54. The largest absolute Gasteiger partial charge is 0.381 e. The third kappa shape index (κ3) is 15.9. The molecular weight excluding hydrogens is 214 g/mol. The average molecular weight is 245 g/mol. The van der Waals surface area contributed by atoms with Crippen LogP contribution in [0.25, 0.3) is 0 Å². The van der Waals surface area contributed by atoms with Crippen LogP contribution in [0.5, 0.6) is 0 Å². The molecule has 0 radical (unpaired) electrons. The molecule has 0 heterocycles. The lowest BCUT2D eigenvalue weighted by atomic mass is 10.1. The molecule has 3 nitrogen and oxygen atoms in total. The number of rotatable bonds is 10. The average Bonchev–Trinajstić information content (AvgIpc) is 2.18. The van der Waals surface area contributed by atoms with Crippen LogP contribution in [0.2, 0.25) is 0 Å². The highest BCUT2D eigenvalue weighted by Gasteiger charge is 2.06. The summed E-state index contributed by atoms with van der Waals surface area (Å²) in [7, 11) is 0. The Bertz CT molecular complexity index is 164. The van der Waals surface area contributed by atoms with Crippen LogP contribution < -0.4 is 5.32 Å². The van der Waals surface area contributed by atoms with E-state index in [0.29, 0.717) is 5.92 Å². The Kier molecular flexibility index (Phi) is 9.79. The second-order valence-corrected chi connectivity index (χ2v) is 5.97. The van der Waals surface area contributed by atoms with Gasteiger partial charge in [0.25, 0.3) is 0 Å². The number of ether oxygens (including phenoxy) is 2. The molecule has 104 valence electrons.